The summed E-state index contributed by atoms with van der Waals surface area (Å²) in [6.07, 6.45) is 0. The number of nitrogens with one attached hydrogen (secondary N) is 1. The molecule has 1 N–H and O–H groups in total. The minimum Gasteiger partial charge on any atom is -0.465 e. The van der Waals surface area contributed by atoms with E-state index in [0.29, 0.717) is 17.1 Å². The molecule has 2 aromatic heterocycles. The lowest BCUT2D eigenvalue weighted by atomic mass is 9.94. The molecule has 0 fully saturated rings. The first-order valence-corrected chi connectivity index (χ1v) is 9.28. The second-order valence-corrected chi connectivity index (χ2v) is 6.69. The Labute approximate surface area is 167 Å². The van der Waals surface area contributed by atoms with Crippen LogP contribution >= 0.6 is 0 Å². The van der Waals surface area contributed by atoms with Crippen LogP contribution in [-0.2, 0) is 4.74 Å². The third kappa shape index (κ3) is 2.84. The van der Waals surface area contributed by atoms with Crippen molar-refractivity contribution in [1.82, 2.24) is 15.0 Å². The molecule has 140 valence electrons. The standard InChI is InChI=1S/C24H17N3O2/c1-29-24(28)21-20(15-9-3-2-4-10-15)16-11-5-6-12-17(16)25-22(21)23-26-18-13-7-8-14-19(18)27-23/h2-14H,1H3,(H,26,27). The number of carbonyl (C=O) groups is 1. The topological polar surface area (TPSA) is 67.9 Å². The number of hydrogen-bond donors (Lipinski definition) is 1. The Bertz CT molecular complexity index is 1320. The van der Waals surface area contributed by atoms with E-state index < -0.39 is 5.97 Å². The Hall–Kier alpha value is -3.99. The summed E-state index contributed by atoms with van der Waals surface area (Å²) in [5.74, 6) is 0.0899. The van der Waals surface area contributed by atoms with Crippen LogP contribution in [0, 0.1) is 0 Å². The summed E-state index contributed by atoms with van der Waals surface area (Å²) in [5.41, 5.74) is 5.07. The average Bonchev–Trinajstić information content (AvgIpc) is 3.22. The Kier molecular flexibility index (Phi) is 4.06. The summed E-state index contributed by atoms with van der Waals surface area (Å²) in [5, 5.41) is 0.888. The van der Waals surface area contributed by atoms with Crippen LogP contribution in [0.2, 0.25) is 0 Å². The molecule has 0 atom stereocenters. The van der Waals surface area contributed by atoms with Gasteiger partial charge < -0.3 is 9.72 Å². The number of para-hydroxylation sites is 3. The lowest BCUT2D eigenvalue weighted by molar-refractivity contribution is 0.0602. The van der Waals surface area contributed by atoms with E-state index in [4.69, 9.17) is 9.72 Å². The molecule has 0 aliphatic carbocycles. The van der Waals surface area contributed by atoms with Crippen LogP contribution < -0.4 is 0 Å². The number of aromatic amines is 1. The molecule has 0 amide bonds. The number of rotatable bonds is 3. The molecule has 0 unspecified atom stereocenters. The Morgan fingerprint density at radius 3 is 2.28 bits per heavy atom. The zero-order chi connectivity index (χ0) is 19.8. The molecular formula is C24H17N3O2. The second kappa shape index (κ2) is 6.87. The van der Waals surface area contributed by atoms with Crippen LogP contribution in [0.1, 0.15) is 10.4 Å². The van der Waals surface area contributed by atoms with Crippen molar-refractivity contribution in [2.75, 3.05) is 7.11 Å². The number of imidazole rings is 1. The maximum Gasteiger partial charge on any atom is 0.340 e. The van der Waals surface area contributed by atoms with Gasteiger partial charge in [0, 0.05) is 10.9 Å². The van der Waals surface area contributed by atoms with Crippen LogP contribution in [0.4, 0.5) is 0 Å². The molecule has 29 heavy (non-hydrogen) atoms. The monoisotopic (exact) mass is 379 g/mol. The Morgan fingerprint density at radius 2 is 1.52 bits per heavy atom. The Balaban J connectivity index is 1.92. The van der Waals surface area contributed by atoms with Crippen molar-refractivity contribution in [3.05, 3.63) is 84.4 Å². The smallest absolute Gasteiger partial charge is 0.340 e. The molecule has 0 aliphatic heterocycles. The van der Waals surface area contributed by atoms with Crippen molar-refractivity contribution in [3.8, 4) is 22.6 Å². The number of esters is 1. The van der Waals surface area contributed by atoms with Gasteiger partial charge >= 0.3 is 5.97 Å². The molecule has 5 aromatic rings. The van der Waals surface area contributed by atoms with E-state index in [0.717, 1.165) is 33.1 Å². The van der Waals surface area contributed by atoms with Crippen molar-refractivity contribution < 1.29 is 9.53 Å². The fraction of sp³-hybridized carbons (Fsp3) is 0.0417. The fourth-order valence-electron chi connectivity index (χ4n) is 3.65. The van der Waals surface area contributed by atoms with Gasteiger partial charge in [0.2, 0.25) is 0 Å². The molecule has 3 aromatic carbocycles. The van der Waals surface area contributed by atoms with Gasteiger partial charge in [-0.1, -0.05) is 60.7 Å². The summed E-state index contributed by atoms with van der Waals surface area (Å²) in [4.78, 5) is 25.7. The molecule has 5 nitrogen and oxygen atoms in total. The minimum atomic E-state index is -0.447. The number of methoxy groups -OCH3 is 1. The summed E-state index contributed by atoms with van der Waals surface area (Å²) in [7, 11) is 1.38. The molecule has 0 bridgehead atoms. The summed E-state index contributed by atoms with van der Waals surface area (Å²) in [6, 6.07) is 25.3. The number of carbonyl (C=O) groups excluding carboxylic acids is 1. The lowest BCUT2D eigenvalue weighted by Crippen LogP contribution is -2.09. The highest BCUT2D eigenvalue weighted by Crippen LogP contribution is 2.37. The van der Waals surface area contributed by atoms with Gasteiger partial charge in [-0.15, -0.1) is 0 Å². The number of pyridine rings is 1. The van der Waals surface area contributed by atoms with Crippen molar-refractivity contribution >= 4 is 27.9 Å². The number of hydrogen-bond acceptors (Lipinski definition) is 4. The van der Waals surface area contributed by atoms with Crippen LogP contribution in [0.5, 0.6) is 0 Å². The second-order valence-electron chi connectivity index (χ2n) is 6.69. The van der Waals surface area contributed by atoms with Gasteiger partial charge in [0.25, 0.3) is 0 Å². The largest absolute Gasteiger partial charge is 0.465 e. The highest BCUT2D eigenvalue weighted by Gasteiger charge is 2.25. The fourth-order valence-corrected chi connectivity index (χ4v) is 3.65. The van der Waals surface area contributed by atoms with E-state index in [1.807, 2.05) is 78.9 Å². The SMILES string of the molecule is COC(=O)c1c(-c2nc3ccccc3[nH]2)nc2ccccc2c1-c1ccccc1. The van der Waals surface area contributed by atoms with Gasteiger partial charge in [-0.25, -0.2) is 14.8 Å². The molecule has 0 radical (unpaired) electrons. The third-order valence-electron chi connectivity index (χ3n) is 4.96. The normalized spacial score (nSPS) is 11.1. The minimum absolute atomic E-state index is 0.399. The van der Waals surface area contributed by atoms with E-state index in [1.165, 1.54) is 7.11 Å². The highest BCUT2D eigenvalue weighted by atomic mass is 16.5. The third-order valence-corrected chi connectivity index (χ3v) is 4.96. The van der Waals surface area contributed by atoms with Gasteiger partial charge in [-0.05, 0) is 23.8 Å². The van der Waals surface area contributed by atoms with Gasteiger partial charge in [-0.2, -0.15) is 0 Å². The van der Waals surface area contributed by atoms with E-state index in [-0.39, 0.29) is 0 Å². The number of benzene rings is 3. The van der Waals surface area contributed by atoms with Crippen LogP contribution in [0.15, 0.2) is 78.9 Å². The molecular weight excluding hydrogens is 362 g/mol. The summed E-state index contributed by atoms with van der Waals surface area (Å²) < 4.78 is 5.16. The van der Waals surface area contributed by atoms with Crippen LogP contribution in [0.25, 0.3) is 44.6 Å². The van der Waals surface area contributed by atoms with E-state index in [9.17, 15) is 4.79 Å². The lowest BCUT2D eigenvalue weighted by Gasteiger charge is -2.15. The molecule has 0 spiro atoms. The van der Waals surface area contributed by atoms with Crippen molar-refractivity contribution in [2.45, 2.75) is 0 Å². The molecule has 5 heteroatoms. The summed E-state index contributed by atoms with van der Waals surface area (Å²) in [6.45, 7) is 0. The van der Waals surface area contributed by atoms with Crippen LogP contribution in [0.3, 0.4) is 0 Å². The zero-order valence-corrected chi connectivity index (χ0v) is 15.7. The quantitative estimate of drug-likeness (QED) is 0.436. The van der Waals surface area contributed by atoms with Gasteiger partial charge in [0.05, 0.1) is 29.2 Å². The molecule has 2 heterocycles. The number of ether oxygens (including phenoxy) is 1. The van der Waals surface area contributed by atoms with Crippen LogP contribution in [-0.4, -0.2) is 28.0 Å². The first-order valence-electron chi connectivity index (χ1n) is 9.28. The predicted molar refractivity (Wildman–Crippen MR) is 114 cm³/mol. The number of aromatic nitrogens is 3. The average molecular weight is 379 g/mol. The Morgan fingerprint density at radius 1 is 0.828 bits per heavy atom. The number of nitrogens with zero attached hydrogens (tertiary/aromatic N) is 2. The van der Waals surface area contributed by atoms with Gasteiger partial charge in [-0.3, -0.25) is 0 Å². The predicted octanol–water partition coefficient (Wildman–Crippen LogP) is 5.23. The maximum absolute atomic E-state index is 13.0. The highest BCUT2D eigenvalue weighted by molar-refractivity contribution is 6.11. The molecule has 0 saturated carbocycles. The maximum atomic E-state index is 13.0. The van der Waals surface area contributed by atoms with E-state index in [2.05, 4.69) is 9.97 Å². The molecule has 5 rings (SSSR count). The number of fused-ring (bicyclic) bond motifs is 2. The summed E-state index contributed by atoms with van der Waals surface area (Å²) >= 11 is 0. The van der Waals surface area contributed by atoms with Crippen molar-refractivity contribution in [3.63, 3.8) is 0 Å². The van der Waals surface area contributed by atoms with Gasteiger partial charge in [0.15, 0.2) is 5.82 Å². The van der Waals surface area contributed by atoms with Gasteiger partial charge in [0.1, 0.15) is 5.69 Å². The first kappa shape index (κ1) is 17.1. The van der Waals surface area contributed by atoms with E-state index >= 15 is 0 Å². The number of H-pyrrole nitrogens is 1. The molecule has 0 saturated heterocycles. The zero-order valence-electron chi connectivity index (χ0n) is 15.7. The molecule has 0 aliphatic rings. The van der Waals surface area contributed by atoms with Crippen molar-refractivity contribution in [2.24, 2.45) is 0 Å². The first-order chi connectivity index (χ1) is 14.3. The van der Waals surface area contributed by atoms with Crippen molar-refractivity contribution in [1.29, 1.82) is 0 Å². The van der Waals surface area contributed by atoms with E-state index in [1.54, 1.807) is 0 Å².